The zero-order chi connectivity index (χ0) is 24.7. The lowest BCUT2D eigenvalue weighted by molar-refractivity contribution is -0.123. The number of imide groups is 1. The molecule has 1 N–H and O–H groups in total. The fourth-order valence-corrected chi connectivity index (χ4v) is 5.88. The Bertz CT molecular complexity index is 1370. The van der Waals surface area contributed by atoms with Gasteiger partial charge in [-0.15, -0.1) is 0 Å². The van der Waals surface area contributed by atoms with Crippen LogP contribution >= 0.6 is 11.6 Å². The Morgan fingerprint density at radius 3 is 2.51 bits per heavy atom. The van der Waals surface area contributed by atoms with E-state index in [1.807, 2.05) is 36.4 Å². The van der Waals surface area contributed by atoms with E-state index in [2.05, 4.69) is 6.58 Å². The first-order valence-electron chi connectivity index (χ1n) is 11.3. The summed E-state index contributed by atoms with van der Waals surface area (Å²) in [4.78, 5) is 29.8. The van der Waals surface area contributed by atoms with Crippen LogP contribution in [0.1, 0.15) is 23.5 Å². The highest BCUT2D eigenvalue weighted by molar-refractivity contribution is 6.32. The van der Waals surface area contributed by atoms with Crippen molar-refractivity contribution in [3.8, 4) is 11.5 Å². The smallest absolute Gasteiger partial charge is 0.246 e. The van der Waals surface area contributed by atoms with E-state index in [1.165, 1.54) is 12.0 Å². The van der Waals surface area contributed by atoms with Crippen LogP contribution in [0.2, 0.25) is 5.02 Å². The number of carbonyl (C=O) groups is 2. The molecule has 6 heteroatoms. The van der Waals surface area contributed by atoms with E-state index in [9.17, 15) is 14.7 Å². The average molecular weight is 486 g/mol. The van der Waals surface area contributed by atoms with Gasteiger partial charge in [0.05, 0.1) is 24.1 Å². The second-order valence-corrected chi connectivity index (χ2v) is 9.15. The van der Waals surface area contributed by atoms with Crippen molar-refractivity contribution in [3.63, 3.8) is 0 Å². The number of amides is 2. The van der Waals surface area contributed by atoms with Crippen molar-refractivity contribution in [2.24, 2.45) is 5.92 Å². The third-order valence-electron chi connectivity index (χ3n) is 7.11. The monoisotopic (exact) mass is 485 g/mol. The van der Waals surface area contributed by atoms with Crippen LogP contribution in [0.15, 0.2) is 97.1 Å². The molecule has 0 spiro atoms. The van der Waals surface area contributed by atoms with Crippen molar-refractivity contribution in [1.29, 1.82) is 0 Å². The Labute approximate surface area is 208 Å². The summed E-state index contributed by atoms with van der Waals surface area (Å²) in [5, 5.41) is 11.5. The lowest BCUT2D eigenvalue weighted by atomic mass is 9.55. The molecular formula is C29H24ClNO4. The zero-order valence-corrected chi connectivity index (χ0v) is 19.9. The van der Waals surface area contributed by atoms with Gasteiger partial charge in [0.1, 0.15) is 11.5 Å². The predicted molar refractivity (Wildman–Crippen MR) is 136 cm³/mol. The largest absolute Gasteiger partial charge is 0.508 e. The highest BCUT2D eigenvalue weighted by atomic mass is 35.5. The number of methoxy groups -OCH3 is 1. The lowest BCUT2D eigenvalue weighted by Crippen LogP contribution is -2.48. The van der Waals surface area contributed by atoms with Gasteiger partial charge in [-0.3, -0.25) is 9.59 Å². The summed E-state index contributed by atoms with van der Waals surface area (Å²) in [5.41, 5.74) is 0.976. The van der Waals surface area contributed by atoms with Gasteiger partial charge >= 0.3 is 0 Å². The Morgan fingerprint density at radius 2 is 1.83 bits per heavy atom. The van der Waals surface area contributed by atoms with E-state index < -0.39 is 17.3 Å². The first kappa shape index (κ1) is 22.9. The molecule has 35 heavy (non-hydrogen) atoms. The Kier molecular flexibility index (Phi) is 5.73. The predicted octanol–water partition coefficient (Wildman–Crippen LogP) is 5.78. The maximum atomic E-state index is 14.6. The first-order chi connectivity index (χ1) is 16.9. The van der Waals surface area contributed by atoms with Crippen LogP contribution in [0.25, 0.3) is 0 Å². The van der Waals surface area contributed by atoms with Gasteiger partial charge in [0.15, 0.2) is 0 Å². The maximum Gasteiger partial charge on any atom is 0.246 e. The van der Waals surface area contributed by atoms with Crippen LogP contribution in [-0.2, 0) is 15.0 Å². The number of rotatable bonds is 5. The van der Waals surface area contributed by atoms with E-state index >= 15 is 0 Å². The van der Waals surface area contributed by atoms with E-state index in [0.29, 0.717) is 34.0 Å². The highest BCUT2D eigenvalue weighted by Crippen LogP contribution is 2.60. The van der Waals surface area contributed by atoms with Gasteiger partial charge in [-0.2, -0.15) is 0 Å². The Hall–Kier alpha value is -3.83. The lowest BCUT2D eigenvalue weighted by Gasteiger charge is -2.43. The van der Waals surface area contributed by atoms with Crippen molar-refractivity contribution < 1.29 is 19.4 Å². The SMILES string of the molecule is C=CC1=CC[C@H]2C(=O)N(c3cccc(Cl)c3)C(=O)[C@@]2(c2ccccc2)[C@H]1c1c(O)cccc1OC. The summed E-state index contributed by atoms with van der Waals surface area (Å²) >= 11 is 6.23. The van der Waals surface area contributed by atoms with Crippen LogP contribution in [0.4, 0.5) is 5.69 Å². The summed E-state index contributed by atoms with van der Waals surface area (Å²) < 4.78 is 5.64. The molecule has 5 rings (SSSR count). The molecule has 3 atom stereocenters. The molecule has 0 radical (unpaired) electrons. The summed E-state index contributed by atoms with van der Waals surface area (Å²) in [6.07, 6.45) is 3.98. The molecule has 3 aromatic rings. The number of benzene rings is 3. The number of anilines is 1. The fraction of sp³-hybridized carbons (Fsp3) is 0.172. The topological polar surface area (TPSA) is 66.8 Å². The average Bonchev–Trinajstić information content (AvgIpc) is 3.11. The number of allylic oxidation sites excluding steroid dienone is 3. The Balaban J connectivity index is 1.86. The number of carbonyl (C=O) groups excluding carboxylic acids is 2. The number of halogens is 1. The number of nitrogens with zero attached hydrogens (tertiary/aromatic N) is 1. The molecule has 1 heterocycles. The summed E-state index contributed by atoms with van der Waals surface area (Å²) in [5.74, 6) is -1.67. The van der Waals surface area contributed by atoms with E-state index in [1.54, 1.807) is 48.5 Å². The molecule has 1 aliphatic carbocycles. The molecule has 0 bridgehead atoms. The van der Waals surface area contributed by atoms with Gasteiger partial charge in [0.25, 0.3) is 0 Å². The van der Waals surface area contributed by atoms with E-state index in [4.69, 9.17) is 16.3 Å². The van der Waals surface area contributed by atoms with Gasteiger partial charge in [-0.1, -0.05) is 72.8 Å². The van der Waals surface area contributed by atoms with Crippen molar-refractivity contribution in [2.45, 2.75) is 17.8 Å². The van der Waals surface area contributed by atoms with Crippen molar-refractivity contribution >= 4 is 29.1 Å². The quantitative estimate of drug-likeness (QED) is 0.465. The van der Waals surface area contributed by atoms with Gasteiger partial charge < -0.3 is 9.84 Å². The standard InChI is InChI=1S/C29H24ClNO4/c1-3-18-15-16-22-27(33)31(21-12-7-11-20(30)17-21)28(34)29(22,19-9-5-4-6-10-19)26(18)25-23(32)13-8-14-24(25)35-2/h3-15,17,22,26,32H,1,16H2,2H3/t22-,26+,29+/m0/s1. The summed E-state index contributed by atoms with van der Waals surface area (Å²) in [6.45, 7) is 4.00. The molecule has 1 aliphatic heterocycles. The first-order valence-corrected chi connectivity index (χ1v) is 11.7. The molecular weight excluding hydrogens is 462 g/mol. The van der Waals surface area contributed by atoms with Crippen LogP contribution < -0.4 is 9.64 Å². The van der Waals surface area contributed by atoms with E-state index in [0.717, 1.165) is 5.57 Å². The molecule has 1 saturated heterocycles. The number of hydrogen-bond acceptors (Lipinski definition) is 4. The number of phenols is 1. The number of phenolic OH excluding ortho intramolecular Hbond substituents is 1. The van der Waals surface area contributed by atoms with Gasteiger partial charge in [0, 0.05) is 16.5 Å². The molecule has 2 aliphatic rings. The minimum Gasteiger partial charge on any atom is -0.508 e. The highest BCUT2D eigenvalue weighted by Gasteiger charge is 2.66. The number of aromatic hydroxyl groups is 1. The number of hydrogen-bond donors (Lipinski definition) is 1. The normalized spacial score (nSPS) is 23.6. The van der Waals surface area contributed by atoms with E-state index in [-0.39, 0.29) is 17.6 Å². The van der Waals surface area contributed by atoms with Gasteiger partial charge in [0.2, 0.25) is 11.8 Å². The van der Waals surface area contributed by atoms with Crippen molar-refractivity contribution in [3.05, 3.63) is 113 Å². The van der Waals surface area contributed by atoms with Gasteiger partial charge in [-0.25, -0.2) is 4.90 Å². The molecule has 3 aromatic carbocycles. The number of fused-ring (bicyclic) bond motifs is 1. The molecule has 5 nitrogen and oxygen atoms in total. The fourth-order valence-electron chi connectivity index (χ4n) is 5.69. The molecule has 0 saturated carbocycles. The van der Waals surface area contributed by atoms with Crippen LogP contribution in [0, 0.1) is 5.92 Å². The minimum absolute atomic E-state index is 0.0143. The molecule has 1 fully saturated rings. The second-order valence-electron chi connectivity index (χ2n) is 8.72. The van der Waals surface area contributed by atoms with Crippen molar-refractivity contribution in [1.82, 2.24) is 0 Å². The third kappa shape index (κ3) is 3.30. The Morgan fingerprint density at radius 1 is 1.09 bits per heavy atom. The molecule has 2 amide bonds. The van der Waals surface area contributed by atoms with Crippen LogP contribution in [0.5, 0.6) is 11.5 Å². The maximum absolute atomic E-state index is 14.6. The van der Waals surface area contributed by atoms with Crippen LogP contribution in [0.3, 0.4) is 0 Å². The zero-order valence-electron chi connectivity index (χ0n) is 19.1. The summed E-state index contributed by atoms with van der Waals surface area (Å²) in [7, 11) is 1.52. The number of ether oxygens (including phenoxy) is 1. The van der Waals surface area contributed by atoms with Gasteiger partial charge in [-0.05, 0) is 47.9 Å². The minimum atomic E-state index is -1.33. The van der Waals surface area contributed by atoms with Crippen molar-refractivity contribution in [2.75, 3.05) is 12.0 Å². The molecule has 0 unspecified atom stereocenters. The van der Waals surface area contributed by atoms with Crippen LogP contribution in [-0.4, -0.2) is 24.0 Å². The third-order valence-corrected chi connectivity index (χ3v) is 7.34. The second kappa shape index (κ2) is 8.75. The summed E-state index contributed by atoms with van der Waals surface area (Å²) in [6, 6.07) is 21.0. The molecule has 0 aromatic heterocycles. The molecule has 176 valence electrons.